The summed E-state index contributed by atoms with van der Waals surface area (Å²) in [6.45, 7) is 1.17. The van der Waals surface area contributed by atoms with Crippen LogP contribution in [0.15, 0.2) is 54.9 Å². The number of rotatable bonds is 3. The van der Waals surface area contributed by atoms with Crippen LogP contribution in [0.2, 0.25) is 0 Å². The molecule has 0 atom stereocenters. The standard InChI is InChI=1S/C21H22N4O2/c1-24-14-17(16-6-2-3-7-18(16)24)21(27)25-12-9-15(10-13-25)20(26)23-19-8-4-5-11-22-19/h2-8,11,14-15H,9-10,12-13H2,1H3,(H,22,23,26). The molecule has 1 aliphatic rings. The normalized spacial score (nSPS) is 15.1. The van der Waals surface area contributed by atoms with E-state index < -0.39 is 0 Å². The van der Waals surface area contributed by atoms with Gasteiger partial charge in [0.15, 0.2) is 0 Å². The van der Waals surface area contributed by atoms with E-state index in [-0.39, 0.29) is 17.7 Å². The molecule has 0 bridgehead atoms. The molecule has 0 spiro atoms. The summed E-state index contributed by atoms with van der Waals surface area (Å²) >= 11 is 0. The summed E-state index contributed by atoms with van der Waals surface area (Å²) in [5, 5.41) is 3.83. The number of likely N-dealkylation sites (tertiary alicyclic amines) is 1. The lowest BCUT2D eigenvalue weighted by atomic mass is 9.95. The Morgan fingerprint density at radius 2 is 1.81 bits per heavy atom. The van der Waals surface area contributed by atoms with Crippen molar-refractivity contribution in [2.45, 2.75) is 12.8 Å². The number of carbonyl (C=O) groups excluding carboxylic acids is 2. The number of nitrogens with one attached hydrogen (secondary N) is 1. The van der Waals surface area contributed by atoms with Gasteiger partial charge in [0.1, 0.15) is 5.82 Å². The Bertz CT molecular complexity index is 972. The SMILES string of the molecule is Cn1cc(C(=O)N2CCC(C(=O)Nc3ccccn3)CC2)c2ccccc21. The molecule has 3 aromatic rings. The monoisotopic (exact) mass is 362 g/mol. The summed E-state index contributed by atoms with van der Waals surface area (Å²) in [6, 6.07) is 13.4. The number of pyridine rings is 1. The zero-order chi connectivity index (χ0) is 18.8. The van der Waals surface area contributed by atoms with Crippen molar-refractivity contribution in [1.29, 1.82) is 0 Å². The predicted molar refractivity (Wildman–Crippen MR) is 104 cm³/mol. The molecule has 1 aromatic carbocycles. The molecule has 0 radical (unpaired) electrons. The van der Waals surface area contributed by atoms with Gasteiger partial charge in [0, 0.05) is 49.4 Å². The lowest BCUT2D eigenvalue weighted by Gasteiger charge is -2.31. The Morgan fingerprint density at radius 1 is 1.07 bits per heavy atom. The van der Waals surface area contributed by atoms with E-state index in [1.54, 1.807) is 12.3 Å². The highest BCUT2D eigenvalue weighted by Gasteiger charge is 2.29. The van der Waals surface area contributed by atoms with Gasteiger partial charge in [-0.15, -0.1) is 0 Å². The Hall–Kier alpha value is -3.15. The van der Waals surface area contributed by atoms with Crippen LogP contribution in [-0.4, -0.2) is 39.4 Å². The molecule has 6 heteroatoms. The van der Waals surface area contributed by atoms with Gasteiger partial charge in [-0.3, -0.25) is 9.59 Å². The second kappa shape index (κ2) is 7.23. The van der Waals surface area contributed by atoms with Crippen LogP contribution in [0.3, 0.4) is 0 Å². The van der Waals surface area contributed by atoms with Crippen molar-refractivity contribution < 1.29 is 9.59 Å². The highest BCUT2D eigenvalue weighted by molar-refractivity contribution is 6.07. The molecule has 1 fully saturated rings. The van der Waals surface area contributed by atoms with Gasteiger partial charge in [-0.05, 0) is 31.0 Å². The molecule has 2 aromatic heterocycles. The van der Waals surface area contributed by atoms with Crippen molar-refractivity contribution >= 4 is 28.5 Å². The average molecular weight is 362 g/mol. The first-order chi connectivity index (χ1) is 13.1. The number of anilines is 1. The minimum absolute atomic E-state index is 0.0223. The van der Waals surface area contributed by atoms with Gasteiger partial charge < -0.3 is 14.8 Å². The van der Waals surface area contributed by atoms with Crippen LogP contribution in [0.25, 0.3) is 10.9 Å². The van der Waals surface area contributed by atoms with E-state index in [2.05, 4.69) is 10.3 Å². The zero-order valence-electron chi connectivity index (χ0n) is 15.3. The number of hydrogen-bond donors (Lipinski definition) is 1. The fraction of sp³-hybridized carbons (Fsp3) is 0.286. The molecule has 1 N–H and O–H groups in total. The van der Waals surface area contributed by atoms with Crippen LogP contribution in [-0.2, 0) is 11.8 Å². The molecule has 27 heavy (non-hydrogen) atoms. The number of benzene rings is 1. The maximum atomic E-state index is 13.0. The first-order valence-corrected chi connectivity index (χ1v) is 9.19. The molecule has 6 nitrogen and oxygen atoms in total. The van der Waals surface area contributed by atoms with Gasteiger partial charge in [0.05, 0.1) is 5.56 Å². The van der Waals surface area contributed by atoms with Crippen molar-refractivity contribution in [2.75, 3.05) is 18.4 Å². The van der Waals surface area contributed by atoms with E-state index in [9.17, 15) is 9.59 Å². The summed E-state index contributed by atoms with van der Waals surface area (Å²) in [7, 11) is 1.95. The Labute approximate surface area is 157 Å². The van der Waals surface area contributed by atoms with Crippen molar-refractivity contribution in [3.8, 4) is 0 Å². The van der Waals surface area contributed by atoms with E-state index in [1.807, 2.05) is 59.1 Å². The predicted octanol–water partition coefficient (Wildman–Crippen LogP) is 3.06. The molecule has 4 rings (SSSR count). The van der Waals surface area contributed by atoms with E-state index in [4.69, 9.17) is 0 Å². The largest absolute Gasteiger partial charge is 0.350 e. The number of amides is 2. The van der Waals surface area contributed by atoms with Gasteiger partial charge in [-0.25, -0.2) is 4.98 Å². The average Bonchev–Trinajstić information content (AvgIpc) is 3.05. The van der Waals surface area contributed by atoms with Crippen LogP contribution in [0.4, 0.5) is 5.82 Å². The first kappa shape index (κ1) is 17.3. The summed E-state index contributed by atoms with van der Waals surface area (Å²) in [4.78, 5) is 31.4. The van der Waals surface area contributed by atoms with E-state index in [0.29, 0.717) is 31.7 Å². The minimum Gasteiger partial charge on any atom is -0.350 e. The number of nitrogens with zero attached hydrogens (tertiary/aromatic N) is 3. The Kier molecular flexibility index (Phi) is 4.62. The third kappa shape index (κ3) is 3.43. The first-order valence-electron chi connectivity index (χ1n) is 9.19. The molecular formula is C21H22N4O2. The Morgan fingerprint density at radius 3 is 2.56 bits per heavy atom. The van der Waals surface area contributed by atoms with Gasteiger partial charge >= 0.3 is 0 Å². The summed E-state index contributed by atoms with van der Waals surface area (Å²) in [6.07, 6.45) is 4.87. The van der Waals surface area contributed by atoms with Gasteiger partial charge in [-0.2, -0.15) is 0 Å². The van der Waals surface area contributed by atoms with Crippen molar-refractivity contribution in [3.05, 3.63) is 60.4 Å². The molecule has 0 saturated carbocycles. The number of aryl methyl sites for hydroxylation is 1. The topological polar surface area (TPSA) is 67.2 Å². The van der Waals surface area contributed by atoms with Crippen LogP contribution >= 0.6 is 0 Å². The van der Waals surface area contributed by atoms with Crippen LogP contribution in [0.5, 0.6) is 0 Å². The van der Waals surface area contributed by atoms with Crippen molar-refractivity contribution in [3.63, 3.8) is 0 Å². The Balaban J connectivity index is 1.41. The highest BCUT2D eigenvalue weighted by Crippen LogP contribution is 2.25. The summed E-state index contributed by atoms with van der Waals surface area (Å²) < 4.78 is 1.98. The van der Waals surface area contributed by atoms with Crippen LogP contribution in [0.1, 0.15) is 23.2 Å². The quantitative estimate of drug-likeness (QED) is 0.779. The van der Waals surface area contributed by atoms with Crippen LogP contribution < -0.4 is 5.32 Å². The van der Waals surface area contributed by atoms with Crippen LogP contribution in [0, 0.1) is 5.92 Å². The second-order valence-electron chi connectivity index (χ2n) is 6.94. The lowest BCUT2D eigenvalue weighted by molar-refractivity contribution is -0.121. The van der Waals surface area contributed by atoms with Gasteiger partial charge in [0.25, 0.3) is 5.91 Å². The third-order valence-electron chi connectivity index (χ3n) is 5.20. The third-order valence-corrected chi connectivity index (χ3v) is 5.20. The molecule has 138 valence electrons. The van der Waals surface area contributed by atoms with Crippen molar-refractivity contribution in [1.82, 2.24) is 14.5 Å². The van der Waals surface area contributed by atoms with E-state index >= 15 is 0 Å². The molecule has 1 aliphatic heterocycles. The summed E-state index contributed by atoms with van der Waals surface area (Å²) in [5.74, 6) is 0.488. The maximum Gasteiger partial charge on any atom is 0.256 e. The number of aromatic nitrogens is 2. The molecule has 0 unspecified atom stereocenters. The molecular weight excluding hydrogens is 340 g/mol. The summed E-state index contributed by atoms with van der Waals surface area (Å²) in [5.41, 5.74) is 1.77. The zero-order valence-corrected chi connectivity index (χ0v) is 15.3. The molecule has 1 saturated heterocycles. The number of piperidine rings is 1. The van der Waals surface area contributed by atoms with Gasteiger partial charge in [0.2, 0.25) is 5.91 Å². The number of para-hydroxylation sites is 1. The molecule has 3 heterocycles. The maximum absolute atomic E-state index is 13.0. The highest BCUT2D eigenvalue weighted by atomic mass is 16.2. The number of fused-ring (bicyclic) bond motifs is 1. The number of carbonyl (C=O) groups is 2. The van der Waals surface area contributed by atoms with E-state index in [0.717, 1.165) is 16.5 Å². The molecule has 2 amide bonds. The number of hydrogen-bond acceptors (Lipinski definition) is 3. The lowest BCUT2D eigenvalue weighted by Crippen LogP contribution is -2.41. The minimum atomic E-state index is -0.0939. The fourth-order valence-electron chi connectivity index (χ4n) is 3.69. The second-order valence-corrected chi connectivity index (χ2v) is 6.94. The van der Waals surface area contributed by atoms with E-state index in [1.165, 1.54) is 0 Å². The smallest absolute Gasteiger partial charge is 0.256 e. The van der Waals surface area contributed by atoms with Crippen molar-refractivity contribution in [2.24, 2.45) is 13.0 Å². The fourth-order valence-corrected chi connectivity index (χ4v) is 3.69. The van der Waals surface area contributed by atoms with Gasteiger partial charge in [-0.1, -0.05) is 24.3 Å². The molecule has 0 aliphatic carbocycles.